The molecule has 316 valence electrons. The van der Waals surface area contributed by atoms with Gasteiger partial charge in [0.1, 0.15) is 17.6 Å². The van der Waals surface area contributed by atoms with Gasteiger partial charge in [0, 0.05) is 61.2 Å². The number of aromatic nitrogens is 1. The standard InChI is InChI=1S/C40H42ClN5O6.C4H6O4/c1-51-36-24-34(32(41)23-28(36)25-42-19-15-27-11-13-35(47)39-31(27)12-14-37(48)45-39)43-38(49)18-22-46-20-16-29(17-21-46)52-40(50)44-33-10-6-5-9-30(33)26-7-3-2-4-8-26;5-3(6)1-2-4(7)8/h2-14,23-24,29,42,47H,15-22,25H2,1H3,(H,43,49)(H,44,50)(H,45,48);1-2H2,(H,5,6)(H,7,8). The molecule has 15 nitrogen and oxygen atoms in total. The molecule has 0 aliphatic carbocycles. The normalized spacial score (nSPS) is 12.8. The number of ether oxygens (including phenoxy) is 2. The number of carbonyl (C=O) groups is 4. The van der Waals surface area contributed by atoms with Gasteiger partial charge >= 0.3 is 18.0 Å². The molecule has 1 aliphatic heterocycles. The number of aromatic hydroxyl groups is 1. The monoisotopic (exact) mass is 841 g/mol. The van der Waals surface area contributed by atoms with Crippen LogP contribution in [-0.4, -0.2) is 88.5 Å². The topological polar surface area (TPSA) is 220 Å². The highest BCUT2D eigenvalue weighted by Crippen LogP contribution is 2.32. The molecular formula is C44H48ClN5O10. The Bertz CT molecular complexity index is 2320. The van der Waals surface area contributed by atoms with Crippen molar-refractivity contribution in [3.05, 3.63) is 117 Å². The van der Waals surface area contributed by atoms with Crippen LogP contribution in [0.25, 0.3) is 22.0 Å². The van der Waals surface area contributed by atoms with Crippen LogP contribution >= 0.6 is 11.6 Å². The molecule has 0 atom stereocenters. The first-order chi connectivity index (χ1) is 28.9. The minimum absolute atomic E-state index is 0.0337. The molecule has 2 heterocycles. The van der Waals surface area contributed by atoms with Crippen molar-refractivity contribution in [3.63, 3.8) is 0 Å². The van der Waals surface area contributed by atoms with Gasteiger partial charge in [-0.2, -0.15) is 0 Å². The molecule has 0 spiro atoms. The lowest BCUT2D eigenvalue weighted by Crippen LogP contribution is -2.39. The number of H-pyrrole nitrogens is 1. The Kier molecular flexibility index (Phi) is 16.4. The fourth-order valence-electron chi connectivity index (χ4n) is 6.67. The number of aliphatic carboxylic acids is 2. The number of nitrogens with zero attached hydrogens (tertiary/aromatic N) is 1. The minimum Gasteiger partial charge on any atom is -0.506 e. The maximum atomic E-state index is 12.9. The lowest BCUT2D eigenvalue weighted by atomic mass is 10.0. The molecule has 1 aromatic heterocycles. The average Bonchev–Trinajstić information content (AvgIpc) is 3.23. The molecule has 1 saturated heterocycles. The summed E-state index contributed by atoms with van der Waals surface area (Å²) in [5.41, 5.74) is 5.09. The third-order valence-electron chi connectivity index (χ3n) is 9.76. The maximum absolute atomic E-state index is 12.9. The van der Waals surface area contributed by atoms with Crippen molar-refractivity contribution in [1.82, 2.24) is 15.2 Å². The number of carbonyl (C=O) groups excluding carboxylic acids is 2. The van der Waals surface area contributed by atoms with Crippen LogP contribution in [0.15, 0.2) is 95.8 Å². The predicted molar refractivity (Wildman–Crippen MR) is 229 cm³/mol. The lowest BCUT2D eigenvalue weighted by molar-refractivity contribution is -0.143. The Hall–Kier alpha value is -6.42. The second kappa shape index (κ2) is 22.1. The fourth-order valence-corrected chi connectivity index (χ4v) is 6.90. The van der Waals surface area contributed by atoms with E-state index in [4.69, 9.17) is 31.3 Å². The second-order valence-electron chi connectivity index (χ2n) is 14.0. The van der Waals surface area contributed by atoms with Gasteiger partial charge < -0.3 is 45.3 Å². The zero-order valence-electron chi connectivity index (χ0n) is 33.0. The summed E-state index contributed by atoms with van der Waals surface area (Å²) < 4.78 is 11.4. The summed E-state index contributed by atoms with van der Waals surface area (Å²) in [5, 5.41) is 36.4. The third kappa shape index (κ3) is 13.3. The first kappa shape index (κ1) is 44.7. The molecule has 2 amide bonds. The number of para-hydroxylation sites is 1. The van der Waals surface area contributed by atoms with Crippen molar-refractivity contribution in [2.24, 2.45) is 0 Å². The summed E-state index contributed by atoms with van der Waals surface area (Å²) >= 11 is 6.59. The highest BCUT2D eigenvalue weighted by molar-refractivity contribution is 6.33. The van der Waals surface area contributed by atoms with Crippen LogP contribution in [0.2, 0.25) is 5.02 Å². The Balaban J connectivity index is 0.000000774. The number of hydrogen-bond donors (Lipinski definition) is 7. The van der Waals surface area contributed by atoms with Gasteiger partial charge in [-0.15, -0.1) is 0 Å². The van der Waals surface area contributed by atoms with Gasteiger partial charge in [0.25, 0.3) is 0 Å². The Morgan fingerprint density at radius 1 is 0.833 bits per heavy atom. The number of phenols is 1. The number of halogens is 1. The van der Waals surface area contributed by atoms with Crippen LogP contribution in [0.5, 0.6) is 11.5 Å². The smallest absolute Gasteiger partial charge is 0.411 e. The van der Waals surface area contributed by atoms with Gasteiger partial charge in [-0.3, -0.25) is 24.5 Å². The van der Waals surface area contributed by atoms with Crippen molar-refractivity contribution >= 4 is 57.8 Å². The van der Waals surface area contributed by atoms with E-state index in [0.29, 0.717) is 79.6 Å². The zero-order valence-corrected chi connectivity index (χ0v) is 33.8. The Morgan fingerprint density at radius 3 is 2.23 bits per heavy atom. The number of anilines is 2. The third-order valence-corrected chi connectivity index (χ3v) is 10.1. The summed E-state index contributed by atoms with van der Waals surface area (Å²) in [4.78, 5) is 61.6. The van der Waals surface area contributed by atoms with Gasteiger partial charge in [-0.1, -0.05) is 66.2 Å². The quantitative estimate of drug-likeness (QED) is 0.0506. The van der Waals surface area contributed by atoms with E-state index in [9.17, 15) is 29.1 Å². The fraction of sp³-hybridized carbons (Fsp3) is 0.295. The zero-order chi connectivity index (χ0) is 43.0. The summed E-state index contributed by atoms with van der Waals surface area (Å²) in [6, 6.07) is 27.6. The number of hydrogen-bond acceptors (Lipinski definition) is 10. The summed E-state index contributed by atoms with van der Waals surface area (Å²) in [6.07, 6.45) is 1.04. The van der Waals surface area contributed by atoms with Crippen LogP contribution in [0.1, 0.15) is 43.2 Å². The predicted octanol–water partition coefficient (Wildman–Crippen LogP) is 6.87. The van der Waals surface area contributed by atoms with E-state index in [1.807, 2.05) is 60.7 Å². The molecular weight excluding hydrogens is 794 g/mol. The van der Waals surface area contributed by atoms with Gasteiger partial charge in [0.15, 0.2) is 0 Å². The lowest BCUT2D eigenvalue weighted by Gasteiger charge is -2.31. The van der Waals surface area contributed by atoms with Crippen LogP contribution in [0.3, 0.4) is 0 Å². The van der Waals surface area contributed by atoms with Crippen LogP contribution in [0.4, 0.5) is 16.2 Å². The van der Waals surface area contributed by atoms with Gasteiger partial charge in [-0.05, 0) is 61.2 Å². The van der Waals surface area contributed by atoms with Gasteiger partial charge in [0.2, 0.25) is 11.5 Å². The van der Waals surface area contributed by atoms with Crippen molar-refractivity contribution in [2.45, 2.75) is 51.2 Å². The van der Waals surface area contributed by atoms with Crippen LogP contribution in [-0.2, 0) is 32.1 Å². The van der Waals surface area contributed by atoms with Crippen molar-refractivity contribution < 1.29 is 44.0 Å². The van der Waals surface area contributed by atoms with Crippen molar-refractivity contribution in [2.75, 3.05) is 43.9 Å². The van der Waals surface area contributed by atoms with Crippen LogP contribution in [0, 0.1) is 0 Å². The summed E-state index contributed by atoms with van der Waals surface area (Å²) in [7, 11) is 1.57. The van der Waals surface area contributed by atoms with E-state index >= 15 is 0 Å². The number of amides is 2. The number of carboxylic acids is 2. The minimum atomic E-state index is -1.08. The summed E-state index contributed by atoms with van der Waals surface area (Å²) in [6.45, 7) is 3.10. The first-order valence-electron chi connectivity index (χ1n) is 19.4. The van der Waals surface area contributed by atoms with E-state index < -0.39 is 18.0 Å². The number of aromatic amines is 1. The highest BCUT2D eigenvalue weighted by Gasteiger charge is 2.23. The molecule has 5 aromatic rings. The van der Waals surface area contributed by atoms with E-state index in [1.165, 1.54) is 6.07 Å². The molecule has 0 bridgehead atoms. The summed E-state index contributed by atoms with van der Waals surface area (Å²) in [5.74, 6) is -1.69. The first-order valence-corrected chi connectivity index (χ1v) is 19.8. The Morgan fingerprint density at radius 2 is 1.53 bits per heavy atom. The molecule has 0 saturated carbocycles. The van der Waals surface area contributed by atoms with E-state index in [0.717, 1.165) is 27.6 Å². The number of piperidine rings is 1. The van der Waals surface area contributed by atoms with Crippen LogP contribution < -0.4 is 26.2 Å². The number of pyridine rings is 1. The number of fused-ring (bicyclic) bond motifs is 1. The number of carboxylic acid groups (broad SMARTS) is 2. The van der Waals surface area contributed by atoms with E-state index in [-0.39, 0.29) is 42.6 Å². The molecule has 60 heavy (non-hydrogen) atoms. The SMILES string of the molecule is COc1cc(NC(=O)CCN2CCC(OC(=O)Nc3ccccc3-c3ccccc3)CC2)c(Cl)cc1CNCCc1ccc(O)c2[nH]c(=O)ccc12.O=C(O)CCC(=O)O. The largest absolute Gasteiger partial charge is 0.506 e. The second-order valence-corrected chi connectivity index (χ2v) is 14.4. The molecule has 4 aromatic carbocycles. The number of likely N-dealkylation sites (tertiary alicyclic amines) is 1. The molecule has 7 N–H and O–H groups in total. The van der Waals surface area contributed by atoms with Crippen molar-refractivity contribution in [1.29, 1.82) is 0 Å². The maximum Gasteiger partial charge on any atom is 0.411 e. The average molecular weight is 842 g/mol. The number of phenolic OH excluding ortho intramolecular Hbond substituents is 1. The van der Waals surface area contributed by atoms with Gasteiger partial charge in [-0.25, -0.2) is 4.79 Å². The number of methoxy groups -OCH3 is 1. The molecule has 0 radical (unpaired) electrons. The number of nitrogens with one attached hydrogen (secondary N) is 4. The molecule has 1 fully saturated rings. The van der Waals surface area contributed by atoms with Crippen molar-refractivity contribution in [3.8, 4) is 22.6 Å². The highest BCUT2D eigenvalue weighted by atomic mass is 35.5. The van der Waals surface area contributed by atoms with E-state index in [2.05, 4.69) is 25.8 Å². The number of benzene rings is 4. The molecule has 16 heteroatoms. The molecule has 1 aliphatic rings. The molecule has 6 rings (SSSR count). The van der Waals surface area contributed by atoms with E-state index in [1.54, 1.807) is 31.4 Å². The van der Waals surface area contributed by atoms with Gasteiger partial charge in [0.05, 0.1) is 41.9 Å². The molecule has 0 unspecified atom stereocenters. The Labute approximate surface area is 351 Å². The number of rotatable bonds is 16.